The Kier molecular flexibility index (Phi) is 6.42. The third kappa shape index (κ3) is 4.66. The standard InChI is InChI=1S/C29H27N5O2/c1-3-36-28-15-25-24(14-26(28)32-19(2)35)29(22(16-30)17-31-25)33-23-9-10-27-21(13-23)11-12-34(27)18-20-7-5-4-6-8-20/h4-10,13-15,17H,3,11-12,18H2,1-2H3,(H,31,33)(H,32,35). The highest BCUT2D eigenvalue weighted by Gasteiger charge is 2.20. The predicted octanol–water partition coefficient (Wildman–Crippen LogP) is 5.77. The highest BCUT2D eigenvalue weighted by atomic mass is 16.5. The molecule has 0 saturated heterocycles. The Balaban J connectivity index is 1.49. The second kappa shape index (κ2) is 9.96. The molecule has 0 unspecified atom stereocenters. The summed E-state index contributed by atoms with van der Waals surface area (Å²) in [6.45, 7) is 5.64. The van der Waals surface area contributed by atoms with Crippen molar-refractivity contribution in [2.24, 2.45) is 0 Å². The molecule has 1 aliphatic heterocycles. The molecule has 1 aliphatic rings. The van der Waals surface area contributed by atoms with Gasteiger partial charge in [-0.15, -0.1) is 0 Å². The summed E-state index contributed by atoms with van der Waals surface area (Å²) in [6.07, 6.45) is 2.53. The Bertz CT molecular complexity index is 1480. The smallest absolute Gasteiger partial charge is 0.221 e. The van der Waals surface area contributed by atoms with Crippen LogP contribution < -0.4 is 20.3 Å². The number of nitrogens with one attached hydrogen (secondary N) is 2. The molecule has 36 heavy (non-hydrogen) atoms. The van der Waals surface area contributed by atoms with Crippen LogP contribution in [0.15, 0.2) is 66.9 Å². The average Bonchev–Trinajstić information content (AvgIpc) is 3.27. The first-order chi connectivity index (χ1) is 17.6. The summed E-state index contributed by atoms with van der Waals surface area (Å²) in [4.78, 5) is 18.7. The van der Waals surface area contributed by atoms with E-state index in [0.717, 1.165) is 30.6 Å². The minimum atomic E-state index is -0.201. The summed E-state index contributed by atoms with van der Waals surface area (Å²) < 4.78 is 5.72. The molecule has 2 heterocycles. The number of carbonyl (C=O) groups is 1. The minimum absolute atomic E-state index is 0.201. The van der Waals surface area contributed by atoms with Gasteiger partial charge in [0.2, 0.25) is 5.91 Å². The molecule has 1 aromatic heterocycles. The lowest BCUT2D eigenvalue weighted by molar-refractivity contribution is -0.114. The van der Waals surface area contributed by atoms with Crippen molar-refractivity contribution in [1.29, 1.82) is 5.26 Å². The second-order valence-corrected chi connectivity index (χ2v) is 8.76. The molecule has 5 rings (SSSR count). The van der Waals surface area contributed by atoms with E-state index >= 15 is 0 Å². The summed E-state index contributed by atoms with van der Waals surface area (Å²) in [5.41, 5.74) is 6.98. The van der Waals surface area contributed by atoms with E-state index in [1.54, 1.807) is 12.3 Å². The lowest BCUT2D eigenvalue weighted by Gasteiger charge is -2.20. The number of amides is 1. The lowest BCUT2D eigenvalue weighted by atomic mass is 10.1. The van der Waals surface area contributed by atoms with Crippen LogP contribution in [0.5, 0.6) is 5.75 Å². The van der Waals surface area contributed by atoms with E-state index in [4.69, 9.17) is 4.74 Å². The Labute approximate surface area is 210 Å². The fourth-order valence-corrected chi connectivity index (χ4v) is 4.66. The molecular weight excluding hydrogens is 450 g/mol. The van der Waals surface area contributed by atoms with E-state index < -0.39 is 0 Å². The van der Waals surface area contributed by atoms with Crippen molar-refractivity contribution >= 4 is 39.6 Å². The summed E-state index contributed by atoms with van der Waals surface area (Å²) in [5.74, 6) is 0.340. The highest BCUT2D eigenvalue weighted by molar-refractivity contribution is 6.01. The molecule has 1 amide bonds. The van der Waals surface area contributed by atoms with Crippen molar-refractivity contribution in [3.8, 4) is 11.8 Å². The topological polar surface area (TPSA) is 90.3 Å². The number of hydrogen-bond acceptors (Lipinski definition) is 6. The molecule has 0 radical (unpaired) electrons. The first-order valence-corrected chi connectivity index (χ1v) is 12.0. The maximum atomic E-state index is 11.8. The van der Waals surface area contributed by atoms with Gasteiger partial charge >= 0.3 is 0 Å². The number of rotatable bonds is 7. The van der Waals surface area contributed by atoms with E-state index in [9.17, 15) is 10.1 Å². The molecule has 0 aliphatic carbocycles. The van der Waals surface area contributed by atoms with Gasteiger partial charge in [0.1, 0.15) is 11.8 Å². The summed E-state index contributed by atoms with van der Waals surface area (Å²) >= 11 is 0. The maximum Gasteiger partial charge on any atom is 0.221 e. The molecular formula is C29H27N5O2. The fourth-order valence-electron chi connectivity index (χ4n) is 4.66. The van der Waals surface area contributed by atoms with Gasteiger partial charge in [0.05, 0.1) is 29.1 Å². The molecule has 3 aromatic carbocycles. The fraction of sp³-hybridized carbons (Fsp3) is 0.207. The van der Waals surface area contributed by atoms with E-state index in [2.05, 4.69) is 63.0 Å². The number of hydrogen-bond donors (Lipinski definition) is 2. The summed E-state index contributed by atoms with van der Waals surface area (Å²) in [6, 6.07) is 22.7. The van der Waals surface area contributed by atoms with Crippen LogP contribution in [0.2, 0.25) is 0 Å². The van der Waals surface area contributed by atoms with Gasteiger partial charge in [0, 0.05) is 49.0 Å². The predicted molar refractivity (Wildman–Crippen MR) is 143 cm³/mol. The zero-order valence-electron chi connectivity index (χ0n) is 20.3. The first-order valence-electron chi connectivity index (χ1n) is 12.0. The number of fused-ring (bicyclic) bond motifs is 2. The quantitative estimate of drug-likeness (QED) is 0.351. The van der Waals surface area contributed by atoms with Crippen LogP contribution >= 0.6 is 0 Å². The van der Waals surface area contributed by atoms with Crippen molar-refractivity contribution in [2.45, 2.75) is 26.8 Å². The van der Waals surface area contributed by atoms with Gasteiger partial charge in [-0.3, -0.25) is 9.78 Å². The number of pyridine rings is 1. The highest BCUT2D eigenvalue weighted by Crippen LogP contribution is 2.38. The van der Waals surface area contributed by atoms with Crippen LogP contribution in [-0.2, 0) is 17.8 Å². The number of anilines is 4. The van der Waals surface area contributed by atoms with Gasteiger partial charge in [-0.05, 0) is 48.7 Å². The number of nitrogens with zero attached hydrogens (tertiary/aromatic N) is 3. The Morgan fingerprint density at radius 3 is 2.75 bits per heavy atom. The molecule has 0 saturated carbocycles. The van der Waals surface area contributed by atoms with Gasteiger partial charge in [-0.1, -0.05) is 30.3 Å². The van der Waals surface area contributed by atoms with Gasteiger partial charge in [0.15, 0.2) is 0 Å². The molecule has 0 fully saturated rings. The Morgan fingerprint density at radius 2 is 2.00 bits per heavy atom. The molecule has 180 valence electrons. The third-order valence-electron chi connectivity index (χ3n) is 6.26. The number of aromatic nitrogens is 1. The normalized spacial score (nSPS) is 12.2. The monoisotopic (exact) mass is 477 g/mol. The second-order valence-electron chi connectivity index (χ2n) is 8.76. The zero-order valence-corrected chi connectivity index (χ0v) is 20.3. The molecule has 0 bridgehead atoms. The van der Waals surface area contributed by atoms with E-state index in [1.807, 2.05) is 25.1 Å². The Morgan fingerprint density at radius 1 is 1.17 bits per heavy atom. The molecule has 2 N–H and O–H groups in total. The van der Waals surface area contributed by atoms with E-state index in [1.165, 1.54) is 23.7 Å². The van der Waals surface area contributed by atoms with Crippen molar-refractivity contribution in [3.63, 3.8) is 0 Å². The van der Waals surface area contributed by atoms with Crippen molar-refractivity contribution in [2.75, 3.05) is 28.7 Å². The largest absolute Gasteiger partial charge is 0.492 e. The average molecular weight is 478 g/mol. The van der Waals surface area contributed by atoms with Crippen LogP contribution in [-0.4, -0.2) is 24.0 Å². The van der Waals surface area contributed by atoms with Gasteiger partial charge in [0.25, 0.3) is 0 Å². The summed E-state index contributed by atoms with van der Waals surface area (Å²) in [7, 11) is 0. The molecule has 0 atom stereocenters. The number of carbonyl (C=O) groups excluding carboxylic acids is 1. The third-order valence-corrected chi connectivity index (χ3v) is 6.26. The zero-order chi connectivity index (χ0) is 25.1. The van der Waals surface area contributed by atoms with Crippen LogP contribution in [0, 0.1) is 11.3 Å². The number of benzene rings is 3. The van der Waals surface area contributed by atoms with Crippen molar-refractivity contribution in [3.05, 3.63) is 83.6 Å². The number of nitriles is 1. The van der Waals surface area contributed by atoms with E-state index in [-0.39, 0.29) is 5.91 Å². The van der Waals surface area contributed by atoms with Crippen LogP contribution in [0.3, 0.4) is 0 Å². The lowest BCUT2D eigenvalue weighted by Crippen LogP contribution is -2.19. The van der Waals surface area contributed by atoms with Gasteiger partial charge in [-0.25, -0.2) is 0 Å². The van der Waals surface area contributed by atoms with Crippen LogP contribution in [0.1, 0.15) is 30.5 Å². The maximum absolute atomic E-state index is 11.8. The molecule has 0 spiro atoms. The van der Waals surface area contributed by atoms with Gasteiger partial charge in [-0.2, -0.15) is 5.26 Å². The minimum Gasteiger partial charge on any atom is -0.492 e. The van der Waals surface area contributed by atoms with Gasteiger partial charge < -0.3 is 20.3 Å². The van der Waals surface area contributed by atoms with Crippen LogP contribution in [0.25, 0.3) is 10.9 Å². The van der Waals surface area contributed by atoms with Crippen molar-refractivity contribution < 1.29 is 9.53 Å². The molecule has 4 aromatic rings. The van der Waals surface area contributed by atoms with Crippen molar-refractivity contribution in [1.82, 2.24) is 4.98 Å². The number of ether oxygens (including phenoxy) is 1. The molecule has 7 heteroatoms. The Hall–Kier alpha value is -4.57. The first kappa shape index (κ1) is 23.2. The van der Waals surface area contributed by atoms with Crippen LogP contribution in [0.4, 0.5) is 22.7 Å². The SMILES string of the molecule is CCOc1cc2ncc(C#N)c(Nc3ccc4c(c3)CCN4Cc3ccccc3)c2cc1NC(C)=O. The van der Waals surface area contributed by atoms with E-state index in [0.29, 0.717) is 34.8 Å². The summed E-state index contributed by atoms with van der Waals surface area (Å²) in [5, 5.41) is 16.8. The molecule has 7 nitrogen and oxygen atoms in total.